The van der Waals surface area contributed by atoms with E-state index in [1.165, 1.54) is 6.42 Å². The van der Waals surface area contributed by atoms with Crippen LogP contribution in [0.5, 0.6) is 0 Å². The summed E-state index contributed by atoms with van der Waals surface area (Å²) >= 11 is 6.66. The Hall–Kier alpha value is -1.85. The molecule has 1 aliphatic rings. The quantitative estimate of drug-likeness (QED) is 0.668. The van der Waals surface area contributed by atoms with Gasteiger partial charge in [0.1, 0.15) is 4.32 Å². The Morgan fingerprint density at radius 3 is 1.88 bits per heavy atom. The van der Waals surface area contributed by atoms with Crippen LogP contribution in [-0.2, 0) is 0 Å². The maximum absolute atomic E-state index is 13.0. The number of amides is 1. The highest BCUT2D eigenvalue weighted by atomic mass is 32.2. The molecule has 0 atom stereocenters. The predicted octanol–water partition coefficient (Wildman–Crippen LogP) is 5.45. The number of hydrogen-bond acceptors (Lipinski definition) is 3. The molecule has 1 saturated heterocycles. The molecule has 2 aromatic rings. The molecule has 0 N–H and O–H groups in total. The van der Waals surface area contributed by atoms with E-state index in [1.807, 2.05) is 60.7 Å². The largest absolute Gasteiger partial charge is 0.357 e. The molecular formula is C19H20N2OS2. The summed E-state index contributed by atoms with van der Waals surface area (Å²) in [6, 6.07) is 19.4. The standard InChI is InChI=1S/C19H20N2OS2/c22-18(24-19(23)20-14-8-3-9-15-20)21(16-10-4-1-5-11-16)17-12-6-2-7-13-17/h1-2,4-7,10-13H,3,8-9,14-15H2. The van der Waals surface area contributed by atoms with E-state index in [0.29, 0.717) is 4.32 Å². The van der Waals surface area contributed by atoms with Crippen molar-refractivity contribution in [3.63, 3.8) is 0 Å². The van der Waals surface area contributed by atoms with Crippen molar-refractivity contribution in [1.29, 1.82) is 0 Å². The zero-order chi connectivity index (χ0) is 16.8. The minimum absolute atomic E-state index is 0.0667. The van der Waals surface area contributed by atoms with Crippen LogP contribution < -0.4 is 4.90 Å². The van der Waals surface area contributed by atoms with Crippen molar-refractivity contribution in [3.8, 4) is 0 Å². The van der Waals surface area contributed by atoms with E-state index in [4.69, 9.17) is 12.2 Å². The van der Waals surface area contributed by atoms with Gasteiger partial charge in [-0.05, 0) is 43.5 Å². The van der Waals surface area contributed by atoms with Gasteiger partial charge >= 0.3 is 0 Å². The number of nitrogens with zero attached hydrogens (tertiary/aromatic N) is 2. The van der Waals surface area contributed by atoms with Crippen molar-refractivity contribution >= 4 is 44.9 Å². The molecule has 3 rings (SSSR count). The number of carbonyl (C=O) groups is 1. The first kappa shape index (κ1) is 17.0. The van der Waals surface area contributed by atoms with Crippen LogP contribution in [0.3, 0.4) is 0 Å². The summed E-state index contributed by atoms with van der Waals surface area (Å²) in [6.45, 7) is 1.91. The van der Waals surface area contributed by atoms with Gasteiger partial charge in [0, 0.05) is 36.2 Å². The van der Waals surface area contributed by atoms with Gasteiger partial charge in [-0.15, -0.1) is 0 Å². The van der Waals surface area contributed by atoms with E-state index in [1.54, 1.807) is 4.90 Å². The Morgan fingerprint density at radius 2 is 1.38 bits per heavy atom. The van der Waals surface area contributed by atoms with Gasteiger partial charge in [0.05, 0.1) is 0 Å². The lowest BCUT2D eigenvalue weighted by Gasteiger charge is -2.29. The van der Waals surface area contributed by atoms with Crippen molar-refractivity contribution in [1.82, 2.24) is 4.90 Å². The first-order valence-electron chi connectivity index (χ1n) is 8.16. The lowest BCUT2D eigenvalue weighted by molar-refractivity contribution is 0.267. The number of carbonyl (C=O) groups excluding carboxylic acids is 1. The third-order valence-electron chi connectivity index (χ3n) is 4.00. The van der Waals surface area contributed by atoms with Crippen LogP contribution >= 0.6 is 24.0 Å². The maximum Gasteiger partial charge on any atom is 0.297 e. The molecular weight excluding hydrogens is 336 g/mol. The van der Waals surface area contributed by atoms with Gasteiger partial charge in [-0.3, -0.25) is 9.69 Å². The highest BCUT2D eigenvalue weighted by molar-refractivity contribution is 8.32. The van der Waals surface area contributed by atoms with Gasteiger partial charge in [-0.25, -0.2) is 0 Å². The van der Waals surface area contributed by atoms with E-state index in [-0.39, 0.29) is 5.24 Å². The second kappa shape index (κ2) is 8.31. The van der Waals surface area contributed by atoms with Crippen molar-refractivity contribution in [2.45, 2.75) is 19.3 Å². The summed E-state index contributed by atoms with van der Waals surface area (Å²) in [6.07, 6.45) is 3.55. The summed E-state index contributed by atoms with van der Waals surface area (Å²) in [5, 5.41) is -0.0667. The molecule has 1 amide bonds. The van der Waals surface area contributed by atoms with Crippen LogP contribution in [0.2, 0.25) is 0 Å². The van der Waals surface area contributed by atoms with E-state index >= 15 is 0 Å². The molecule has 0 aliphatic carbocycles. The SMILES string of the molecule is O=C(SC(=S)N1CCCCC1)N(c1ccccc1)c1ccccc1. The number of thioether (sulfide) groups is 1. The second-order valence-electron chi connectivity index (χ2n) is 5.69. The van der Waals surface area contributed by atoms with Gasteiger partial charge in [-0.1, -0.05) is 48.6 Å². The molecule has 2 aromatic carbocycles. The van der Waals surface area contributed by atoms with Gasteiger partial charge in [0.25, 0.3) is 5.24 Å². The Morgan fingerprint density at radius 1 is 0.875 bits per heavy atom. The topological polar surface area (TPSA) is 23.6 Å². The average Bonchev–Trinajstić information content (AvgIpc) is 2.64. The smallest absolute Gasteiger partial charge is 0.297 e. The number of para-hydroxylation sites is 2. The molecule has 0 aromatic heterocycles. The highest BCUT2D eigenvalue weighted by Crippen LogP contribution is 2.30. The molecule has 0 saturated carbocycles. The minimum atomic E-state index is -0.0667. The van der Waals surface area contributed by atoms with Crippen LogP contribution in [0.15, 0.2) is 60.7 Å². The predicted molar refractivity (Wildman–Crippen MR) is 106 cm³/mol. The lowest BCUT2D eigenvalue weighted by atomic mass is 10.1. The van der Waals surface area contributed by atoms with Crippen LogP contribution in [-0.4, -0.2) is 27.5 Å². The fraction of sp³-hybridized carbons (Fsp3) is 0.263. The number of likely N-dealkylation sites (tertiary alicyclic amines) is 1. The van der Waals surface area contributed by atoms with Crippen molar-refractivity contribution in [2.75, 3.05) is 18.0 Å². The van der Waals surface area contributed by atoms with E-state index in [2.05, 4.69) is 4.90 Å². The normalized spacial score (nSPS) is 14.2. The number of piperidine rings is 1. The van der Waals surface area contributed by atoms with Crippen LogP contribution in [0, 0.1) is 0 Å². The van der Waals surface area contributed by atoms with Gasteiger partial charge in [0.2, 0.25) is 0 Å². The van der Waals surface area contributed by atoms with Gasteiger partial charge in [0.15, 0.2) is 0 Å². The molecule has 1 heterocycles. The van der Waals surface area contributed by atoms with E-state index in [0.717, 1.165) is 49.1 Å². The molecule has 124 valence electrons. The second-order valence-corrected chi connectivity index (χ2v) is 7.27. The van der Waals surface area contributed by atoms with Gasteiger partial charge < -0.3 is 4.90 Å². The Balaban J connectivity index is 1.80. The monoisotopic (exact) mass is 356 g/mol. The van der Waals surface area contributed by atoms with Crippen molar-refractivity contribution in [3.05, 3.63) is 60.7 Å². The van der Waals surface area contributed by atoms with Gasteiger partial charge in [-0.2, -0.15) is 0 Å². The third kappa shape index (κ3) is 4.16. The Bertz CT molecular complexity index is 646. The molecule has 24 heavy (non-hydrogen) atoms. The maximum atomic E-state index is 13.0. The number of benzene rings is 2. The zero-order valence-electron chi connectivity index (χ0n) is 13.4. The molecule has 0 bridgehead atoms. The molecule has 5 heteroatoms. The average molecular weight is 357 g/mol. The molecule has 1 aliphatic heterocycles. The summed E-state index contributed by atoms with van der Waals surface area (Å²) in [4.78, 5) is 16.8. The summed E-state index contributed by atoms with van der Waals surface area (Å²) in [7, 11) is 0. The minimum Gasteiger partial charge on any atom is -0.357 e. The van der Waals surface area contributed by atoms with Crippen LogP contribution in [0.4, 0.5) is 16.2 Å². The third-order valence-corrected chi connectivity index (χ3v) is 5.30. The van der Waals surface area contributed by atoms with Crippen LogP contribution in [0.25, 0.3) is 0 Å². The van der Waals surface area contributed by atoms with Crippen LogP contribution in [0.1, 0.15) is 19.3 Å². The first-order chi connectivity index (χ1) is 11.8. The summed E-state index contributed by atoms with van der Waals surface area (Å²) in [5.74, 6) is 0. The summed E-state index contributed by atoms with van der Waals surface area (Å²) < 4.78 is 0.677. The summed E-state index contributed by atoms with van der Waals surface area (Å²) in [5.41, 5.74) is 1.70. The molecule has 3 nitrogen and oxygen atoms in total. The number of thiocarbonyl (C=S) groups is 1. The lowest BCUT2D eigenvalue weighted by Crippen LogP contribution is -2.34. The van der Waals surface area contributed by atoms with E-state index in [9.17, 15) is 4.79 Å². The highest BCUT2D eigenvalue weighted by Gasteiger charge is 2.23. The van der Waals surface area contributed by atoms with Crippen molar-refractivity contribution < 1.29 is 4.79 Å². The first-order valence-corrected chi connectivity index (χ1v) is 9.39. The number of anilines is 2. The molecule has 0 radical (unpaired) electrons. The number of rotatable bonds is 2. The zero-order valence-corrected chi connectivity index (χ0v) is 15.1. The Kier molecular flexibility index (Phi) is 5.88. The number of hydrogen-bond donors (Lipinski definition) is 0. The Labute approximate surface area is 152 Å². The molecule has 0 unspecified atom stereocenters. The molecule has 0 spiro atoms. The molecule has 1 fully saturated rings. The van der Waals surface area contributed by atoms with E-state index < -0.39 is 0 Å². The fourth-order valence-corrected chi connectivity index (χ4v) is 3.93. The van der Waals surface area contributed by atoms with Crippen molar-refractivity contribution in [2.24, 2.45) is 0 Å². The fourth-order valence-electron chi connectivity index (χ4n) is 2.78.